The Morgan fingerprint density at radius 1 is 1.44 bits per heavy atom. The third-order valence-corrected chi connectivity index (χ3v) is 3.01. The van der Waals surface area contributed by atoms with Crippen LogP contribution in [-0.2, 0) is 0 Å². The van der Waals surface area contributed by atoms with E-state index in [4.69, 9.17) is 0 Å². The van der Waals surface area contributed by atoms with Gasteiger partial charge < -0.3 is 5.43 Å². The highest BCUT2D eigenvalue weighted by atomic mass is 15.6. The van der Waals surface area contributed by atoms with Crippen molar-refractivity contribution in [3.63, 3.8) is 0 Å². The van der Waals surface area contributed by atoms with E-state index in [1.54, 1.807) is 0 Å². The van der Waals surface area contributed by atoms with Gasteiger partial charge in [0.05, 0.1) is 6.20 Å². The third-order valence-electron chi connectivity index (χ3n) is 3.01. The Balaban J connectivity index is 1.87. The van der Waals surface area contributed by atoms with Crippen molar-refractivity contribution in [1.82, 2.24) is 14.4 Å². The second-order valence-corrected chi connectivity index (χ2v) is 4.70. The summed E-state index contributed by atoms with van der Waals surface area (Å²) in [6, 6.07) is 4.18. The lowest BCUT2D eigenvalue weighted by atomic mass is 10.1. The Bertz CT molecular complexity index is 511. The standard InChI is InChI=1S/C12H16N4/c1-9-3-4-16-11(5-9)13-6-12(16)14-15-7-10(2)8-15/h3-6,10,14H,7-8H2,1-2H3. The molecule has 0 amide bonds. The van der Waals surface area contributed by atoms with Crippen LogP contribution in [0.2, 0.25) is 0 Å². The number of anilines is 1. The van der Waals surface area contributed by atoms with Crippen LogP contribution >= 0.6 is 0 Å². The molecule has 0 aromatic carbocycles. The number of aryl methyl sites for hydroxylation is 1. The van der Waals surface area contributed by atoms with Crippen molar-refractivity contribution in [3.8, 4) is 0 Å². The van der Waals surface area contributed by atoms with E-state index in [1.807, 2.05) is 6.20 Å². The molecule has 84 valence electrons. The van der Waals surface area contributed by atoms with Gasteiger partial charge in [-0.1, -0.05) is 6.92 Å². The summed E-state index contributed by atoms with van der Waals surface area (Å²) in [5.41, 5.74) is 5.62. The highest BCUT2D eigenvalue weighted by molar-refractivity contribution is 5.51. The summed E-state index contributed by atoms with van der Waals surface area (Å²) in [6.07, 6.45) is 3.95. The first-order valence-electron chi connectivity index (χ1n) is 5.68. The highest BCUT2D eigenvalue weighted by Gasteiger charge is 2.22. The average molecular weight is 216 g/mol. The predicted octanol–water partition coefficient (Wildman–Crippen LogP) is 1.92. The first-order valence-corrected chi connectivity index (χ1v) is 5.68. The maximum atomic E-state index is 4.38. The molecule has 0 bridgehead atoms. The van der Waals surface area contributed by atoms with Crippen LogP contribution in [-0.4, -0.2) is 27.5 Å². The minimum atomic E-state index is 0.800. The number of rotatable bonds is 2. The van der Waals surface area contributed by atoms with Crippen LogP contribution in [0.25, 0.3) is 5.65 Å². The summed E-state index contributed by atoms with van der Waals surface area (Å²) >= 11 is 0. The first kappa shape index (κ1) is 9.66. The quantitative estimate of drug-likeness (QED) is 0.832. The maximum Gasteiger partial charge on any atom is 0.145 e. The molecule has 0 spiro atoms. The summed E-state index contributed by atoms with van der Waals surface area (Å²) in [6.45, 7) is 6.56. The van der Waals surface area contributed by atoms with E-state index in [0.29, 0.717) is 0 Å². The van der Waals surface area contributed by atoms with Crippen LogP contribution in [0.3, 0.4) is 0 Å². The van der Waals surface area contributed by atoms with Gasteiger partial charge in [0.15, 0.2) is 0 Å². The molecule has 0 atom stereocenters. The molecule has 1 aliphatic rings. The topological polar surface area (TPSA) is 32.6 Å². The number of hydrazine groups is 1. The van der Waals surface area contributed by atoms with Crippen LogP contribution in [0.4, 0.5) is 5.82 Å². The highest BCUT2D eigenvalue weighted by Crippen LogP contribution is 2.18. The van der Waals surface area contributed by atoms with Crippen molar-refractivity contribution in [2.24, 2.45) is 5.92 Å². The summed E-state index contributed by atoms with van der Waals surface area (Å²) < 4.78 is 2.08. The fraction of sp³-hybridized carbons (Fsp3) is 0.417. The molecule has 1 fully saturated rings. The summed E-state index contributed by atoms with van der Waals surface area (Å²) in [5.74, 6) is 1.84. The van der Waals surface area contributed by atoms with E-state index >= 15 is 0 Å². The molecule has 0 aliphatic carbocycles. The third kappa shape index (κ3) is 1.55. The predicted molar refractivity (Wildman–Crippen MR) is 64.3 cm³/mol. The van der Waals surface area contributed by atoms with Gasteiger partial charge in [0.2, 0.25) is 0 Å². The first-order chi connectivity index (χ1) is 7.72. The molecule has 16 heavy (non-hydrogen) atoms. The summed E-state index contributed by atoms with van der Waals surface area (Å²) in [7, 11) is 0. The SMILES string of the molecule is Cc1ccn2c(NN3CC(C)C3)cnc2c1. The zero-order valence-electron chi connectivity index (χ0n) is 9.64. The molecule has 1 N–H and O–H groups in total. The number of hydrogen-bond acceptors (Lipinski definition) is 3. The van der Waals surface area contributed by atoms with Crippen molar-refractivity contribution in [1.29, 1.82) is 0 Å². The monoisotopic (exact) mass is 216 g/mol. The van der Waals surface area contributed by atoms with Gasteiger partial charge in [-0.15, -0.1) is 0 Å². The van der Waals surface area contributed by atoms with Gasteiger partial charge >= 0.3 is 0 Å². The van der Waals surface area contributed by atoms with Gasteiger partial charge in [0, 0.05) is 19.3 Å². The van der Waals surface area contributed by atoms with Gasteiger partial charge in [-0.3, -0.25) is 4.40 Å². The van der Waals surface area contributed by atoms with E-state index in [0.717, 1.165) is 30.5 Å². The number of nitrogens with zero attached hydrogens (tertiary/aromatic N) is 3. The second-order valence-electron chi connectivity index (χ2n) is 4.70. The van der Waals surface area contributed by atoms with E-state index in [2.05, 4.69) is 52.0 Å². The van der Waals surface area contributed by atoms with Gasteiger partial charge in [0.1, 0.15) is 11.5 Å². The van der Waals surface area contributed by atoms with E-state index in [1.165, 1.54) is 5.56 Å². The Labute approximate surface area is 94.9 Å². The summed E-state index contributed by atoms with van der Waals surface area (Å²) in [5, 5.41) is 2.22. The minimum absolute atomic E-state index is 0.800. The van der Waals surface area contributed by atoms with Crippen LogP contribution in [0.15, 0.2) is 24.5 Å². The number of pyridine rings is 1. The van der Waals surface area contributed by atoms with Gasteiger partial charge in [-0.2, -0.15) is 0 Å². The van der Waals surface area contributed by atoms with Gasteiger partial charge in [0.25, 0.3) is 0 Å². The zero-order valence-corrected chi connectivity index (χ0v) is 9.64. The largest absolute Gasteiger partial charge is 0.303 e. The number of imidazole rings is 1. The van der Waals surface area contributed by atoms with Gasteiger partial charge in [-0.25, -0.2) is 9.99 Å². The lowest BCUT2D eigenvalue weighted by Crippen LogP contribution is -2.48. The molecule has 4 nitrogen and oxygen atoms in total. The molecular formula is C12H16N4. The smallest absolute Gasteiger partial charge is 0.145 e. The molecular weight excluding hydrogens is 200 g/mol. The number of aromatic nitrogens is 2. The van der Waals surface area contributed by atoms with Crippen molar-refractivity contribution in [2.75, 3.05) is 18.5 Å². The molecule has 4 heteroatoms. The number of nitrogens with one attached hydrogen (secondary N) is 1. The fourth-order valence-electron chi connectivity index (χ4n) is 2.12. The van der Waals surface area contributed by atoms with Crippen LogP contribution < -0.4 is 5.43 Å². The molecule has 1 aliphatic heterocycles. The Hall–Kier alpha value is -1.55. The van der Waals surface area contributed by atoms with Crippen molar-refractivity contribution in [2.45, 2.75) is 13.8 Å². The molecule has 0 saturated carbocycles. The summed E-state index contributed by atoms with van der Waals surface area (Å²) in [4.78, 5) is 4.38. The fourth-order valence-corrected chi connectivity index (χ4v) is 2.12. The molecule has 0 radical (unpaired) electrons. The van der Waals surface area contributed by atoms with Crippen LogP contribution in [0, 0.1) is 12.8 Å². The van der Waals surface area contributed by atoms with E-state index in [-0.39, 0.29) is 0 Å². The van der Waals surface area contributed by atoms with E-state index < -0.39 is 0 Å². The van der Waals surface area contributed by atoms with E-state index in [9.17, 15) is 0 Å². The van der Waals surface area contributed by atoms with Crippen LogP contribution in [0.1, 0.15) is 12.5 Å². The molecule has 0 unspecified atom stereocenters. The van der Waals surface area contributed by atoms with Crippen molar-refractivity contribution < 1.29 is 0 Å². The lowest BCUT2D eigenvalue weighted by molar-refractivity contribution is 0.146. The minimum Gasteiger partial charge on any atom is -0.303 e. The Morgan fingerprint density at radius 2 is 2.25 bits per heavy atom. The van der Waals surface area contributed by atoms with Crippen molar-refractivity contribution in [3.05, 3.63) is 30.1 Å². The second kappa shape index (κ2) is 3.49. The zero-order chi connectivity index (χ0) is 11.1. The molecule has 2 aromatic heterocycles. The van der Waals surface area contributed by atoms with Gasteiger partial charge in [-0.05, 0) is 30.5 Å². The van der Waals surface area contributed by atoms with Crippen LogP contribution in [0.5, 0.6) is 0 Å². The normalized spacial score (nSPS) is 17.6. The molecule has 3 rings (SSSR count). The number of hydrogen-bond donors (Lipinski definition) is 1. The lowest BCUT2D eigenvalue weighted by Gasteiger charge is -2.37. The Kier molecular flexibility index (Phi) is 2.11. The maximum absolute atomic E-state index is 4.38. The average Bonchev–Trinajstić information content (AvgIpc) is 2.58. The van der Waals surface area contributed by atoms with Crippen molar-refractivity contribution >= 4 is 11.5 Å². The molecule has 2 aromatic rings. The number of fused-ring (bicyclic) bond motifs is 1. The molecule has 3 heterocycles. The Morgan fingerprint density at radius 3 is 3.00 bits per heavy atom. The molecule has 1 saturated heterocycles.